The zero-order valence-corrected chi connectivity index (χ0v) is 13.8. The minimum Gasteiger partial charge on any atom is -0.308 e. The van der Waals surface area contributed by atoms with E-state index >= 15 is 0 Å². The van der Waals surface area contributed by atoms with E-state index in [-0.39, 0.29) is 23.8 Å². The molecule has 2 aromatic heterocycles. The summed E-state index contributed by atoms with van der Waals surface area (Å²) in [5.74, 6) is -0.397. The van der Waals surface area contributed by atoms with Gasteiger partial charge in [-0.2, -0.15) is 0 Å². The Labute approximate surface area is 143 Å². The van der Waals surface area contributed by atoms with Gasteiger partial charge in [-0.05, 0) is 18.9 Å². The summed E-state index contributed by atoms with van der Waals surface area (Å²) in [4.78, 5) is 25.2. The van der Waals surface area contributed by atoms with E-state index in [1.54, 1.807) is 35.2 Å². The van der Waals surface area contributed by atoms with E-state index in [4.69, 9.17) is 0 Å². The molecule has 0 aliphatic heterocycles. The summed E-state index contributed by atoms with van der Waals surface area (Å²) in [6.45, 7) is -0.00391. The van der Waals surface area contributed by atoms with E-state index in [1.807, 2.05) is 0 Å². The van der Waals surface area contributed by atoms with Gasteiger partial charge in [0.15, 0.2) is 0 Å². The fourth-order valence-electron chi connectivity index (χ4n) is 3.56. The molecule has 3 aromatic rings. The molecule has 4 rings (SSSR count). The van der Waals surface area contributed by atoms with E-state index in [1.165, 1.54) is 16.9 Å². The molecular formula is C18H19FN4O2. The van der Waals surface area contributed by atoms with Crippen LogP contribution >= 0.6 is 0 Å². The largest absolute Gasteiger partial charge is 0.350 e. The number of fused-ring (bicyclic) bond motifs is 1. The van der Waals surface area contributed by atoms with Gasteiger partial charge in [-0.15, -0.1) is 5.10 Å². The molecular weight excluding hydrogens is 323 g/mol. The monoisotopic (exact) mass is 342 g/mol. The maximum Gasteiger partial charge on any atom is 0.350 e. The molecule has 0 spiro atoms. The SMILES string of the molecule is O=c1c2nn(Cc3ccccc3F)c(=O)n2ccn1C1CCCCC1. The predicted molar refractivity (Wildman–Crippen MR) is 91.3 cm³/mol. The molecule has 6 nitrogen and oxygen atoms in total. The Kier molecular flexibility index (Phi) is 3.99. The quantitative estimate of drug-likeness (QED) is 0.734. The van der Waals surface area contributed by atoms with Crippen molar-refractivity contribution >= 4 is 5.65 Å². The molecule has 1 aliphatic rings. The molecule has 0 bridgehead atoms. The van der Waals surface area contributed by atoms with Gasteiger partial charge in [-0.25, -0.2) is 18.3 Å². The number of halogens is 1. The third-order valence-electron chi connectivity index (χ3n) is 4.92. The van der Waals surface area contributed by atoms with Crippen molar-refractivity contribution in [2.24, 2.45) is 0 Å². The van der Waals surface area contributed by atoms with Crippen molar-refractivity contribution in [3.63, 3.8) is 0 Å². The second-order valence-corrected chi connectivity index (χ2v) is 6.53. The van der Waals surface area contributed by atoms with Crippen molar-refractivity contribution in [1.82, 2.24) is 18.7 Å². The molecule has 1 saturated carbocycles. The van der Waals surface area contributed by atoms with Gasteiger partial charge in [0.25, 0.3) is 5.56 Å². The number of hydrogen-bond acceptors (Lipinski definition) is 3. The predicted octanol–water partition coefficient (Wildman–Crippen LogP) is 2.35. The second kappa shape index (κ2) is 6.31. The van der Waals surface area contributed by atoms with E-state index < -0.39 is 11.5 Å². The number of benzene rings is 1. The normalized spacial score (nSPS) is 15.7. The fraction of sp³-hybridized carbons (Fsp3) is 0.389. The first-order valence-electron chi connectivity index (χ1n) is 8.59. The van der Waals surface area contributed by atoms with Crippen LogP contribution in [0.1, 0.15) is 43.7 Å². The van der Waals surface area contributed by atoms with Gasteiger partial charge in [-0.1, -0.05) is 37.5 Å². The molecule has 130 valence electrons. The number of nitrogens with zero attached hydrogens (tertiary/aromatic N) is 4. The Hall–Kier alpha value is -2.70. The molecule has 1 aromatic carbocycles. The first kappa shape index (κ1) is 15.8. The summed E-state index contributed by atoms with van der Waals surface area (Å²) in [6, 6.07) is 6.40. The molecule has 7 heteroatoms. The molecule has 0 saturated heterocycles. The number of rotatable bonds is 3. The Bertz CT molecular complexity index is 1030. The van der Waals surface area contributed by atoms with Crippen molar-refractivity contribution < 1.29 is 4.39 Å². The van der Waals surface area contributed by atoms with Crippen LogP contribution < -0.4 is 11.2 Å². The smallest absolute Gasteiger partial charge is 0.308 e. The topological polar surface area (TPSA) is 61.3 Å². The lowest BCUT2D eigenvalue weighted by molar-refractivity contribution is 0.346. The van der Waals surface area contributed by atoms with Gasteiger partial charge in [0, 0.05) is 24.0 Å². The third-order valence-corrected chi connectivity index (χ3v) is 4.92. The van der Waals surface area contributed by atoms with Gasteiger partial charge in [0.2, 0.25) is 5.65 Å². The van der Waals surface area contributed by atoms with Crippen LogP contribution in [0.2, 0.25) is 0 Å². The maximum absolute atomic E-state index is 13.8. The van der Waals surface area contributed by atoms with Crippen molar-refractivity contribution in [3.05, 3.63) is 68.9 Å². The van der Waals surface area contributed by atoms with Crippen LogP contribution in [0.5, 0.6) is 0 Å². The second-order valence-electron chi connectivity index (χ2n) is 6.53. The minimum atomic E-state index is -0.439. The lowest BCUT2D eigenvalue weighted by atomic mass is 9.95. The lowest BCUT2D eigenvalue weighted by Crippen LogP contribution is -2.28. The highest BCUT2D eigenvalue weighted by Gasteiger charge is 2.19. The molecule has 0 unspecified atom stereocenters. The van der Waals surface area contributed by atoms with Crippen LogP contribution in [0.25, 0.3) is 5.65 Å². The average Bonchev–Trinajstić information content (AvgIpc) is 2.95. The van der Waals surface area contributed by atoms with Gasteiger partial charge >= 0.3 is 5.69 Å². The lowest BCUT2D eigenvalue weighted by Gasteiger charge is -2.23. The van der Waals surface area contributed by atoms with Crippen LogP contribution in [0.4, 0.5) is 4.39 Å². The fourth-order valence-corrected chi connectivity index (χ4v) is 3.56. The van der Waals surface area contributed by atoms with E-state index in [2.05, 4.69) is 5.10 Å². The maximum atomic E-state index is 13.8. The first-order valence-corrected chi connectivity index (χ1v) is 8.59. The van der Waals surface area contributed by atoms with Gasteiger partial charge in [0.05, 0.1) is 6.54 Å². The van der Waals surface area contributed by atoms with Crippen LogP contribution in [-0.4, -0.2) is 18.7 Å². The number of hydrogen-bond donors (Lipinski definition) is 0. The van der Waals surface area contributed by atoms with Crippen molar-refractivity contribution in [2.45, 2.75) is 44.7 Å². The molecule has 2 heterocycles. The average molecular weight is 342 g/mol. The summed E-state index contributed by atoms with van der Waals surface area (Å²) in [5.41, 5.74) is -0.250. The van der Waals surface area contributed by atoms with E-state index in [9.17, 15) is 14.0 Å². The molecule has 25 heavy (non-hydrogen) atoms. The third kappa shape index (κ3) is 2.79. The Morgan fingerprint density at radius 1 is 1.08 bits per heavy atom. The summed E-state index contributed by atoms with van der Waals surface area (Å²) >= 11 is 0. The molecule has 0 radical (unpaired) electrons. The van der Waals surface area contributed by atoms with Crippen molar-refractivity contribution in [3.8, 4) is 0 Å². The summed E-state index contributed by atoms with van der Waals surface area (Å²) < 4.78 is 17.9. The standard InChI is InChI=1S/C18H19FN4O2/c19-15-9-5-4-6-13(15)12-23-18(25)22-11-10-21(17(24)16(22)20-23)14-7-2-1-3-8-14/h4-6,9-11,14H,1-3,7-8,12H2. The Balaban J connectivity index is 1.77. The first-order chi connectivity index (χ1) is 12.1. The highest BCUT2D eigenvalue weighted by atomic mass is 19.1. The highest BCUT2D eigenvalue weighted by Crippen LogP contribution is 2.26. The zero-order chi connectivity index (χ0) is 17.4. The summed E-state index contributed by atoms with van der Waals surface area (Å²) in [6.07, 6.45) is 8.60. The Morgan fingerprint density at radius 2 is 1.84 bits per heavy atom. The van der Waals surface area contributed by atoms with Crippen molar-refractivity contribution in [1.29, 1.82) is 0 Å². The number of aromatic nitrogens is 4. The van der Waals surface area contributed by atoms with Crippen LogP contribution in [0.15, 0.2) is 46.2 Å². The van der Waals surface area contributed by atoms with Gasteiger partial charge < -0.3 is 4.57 Å². The van der Waals surface area contributed by atoms with Gasteiger partial charge in [0.1, 0.15) is 5.82 Å². The highest BCUT2D eigenvalue weighted by molar-refractivity contribution is 5.33. The molecule has 0 amide bonds. The van der Waals surface area contributed by atoms with Crippen LogP contribution in [0.3, 0.4) is 0 Å². The molecule has 0 N–H and O–H groups in total. The molecule has 0 atom stereocenters. The summed E-state index contributed by atoms with van der Waals surface area (Å²) in [7, 11) is 0. The molecule has 1 fully saturated rings. The van der Waals surface area contributed by atoms with Crippen LogP contribution in [0, 0.1) is 5.82 Å². The van der Waals surface area contributed by atoms with E-state index in [0.29, 0.717) is 5.56 Å². The molecule has 1 aliphatic carbocycles. The van der Waals surface area contributed by atoms with Crippen LogP contribution in [-0.2, 0) is 6.54 Å². The van der Waals surface area contributed by atoms with Crippen molar-refractivity contribution in [2.75, 3.05) is 0 Å². The zero-order valence-electron chi connectivity index (χ0n) is 13.8. The summed E-state index contributed by atoms with van der Waals surface area (Å²) in [5, 5.41) is 4.17. The Morgan fingerprint density at radius 3 is 2.60 bits per heavy atom. The van der Waals surface area contributed by atoms with Gasteiger partial charge in [-0.3, -0.25) is 4.79 Å². The van der Waals surface area contributed by atoms with E-state index in [0.717, 1.165) is 30.4 Å². The minimum absolute atomic E-state index is 0.00391.